The third kappa shape index (κ3) is 5.49. The summed E-state index contributed by atoms with van der Waals surface area (Å²) in [6, 6.07) is 63.7. The van der Waals surface area contributed by atoms with Crippen LogP contribution in [-0.2, 0) is 0 Å². The second-order valence-corrected chi connectivity index (χ2v) is 14.3. The summed E-state index contributed by atoms with van der Waals surface area (Å²) in [5.74, 6) is -0.0170. The minimum Gasteiger partial charge on any atom is -0.507 e. The van der Waals surface area contributed by atoms with Gasteiger partial charge in [0.25, 0.3) is 0 Å². The zero-order chi connectivity index (χ0) is 37.8. The van der Waals surface area contributed by atoms with Crippen molar-refractivity contribution in [2.45, 2.75) is 0 Å². The number of ketones is 1. The highest BCUT2D eigenvalue weighted by atomic mass is 16.3. The Balaban J connectivity index is 1.25. The summed E-state index contributed by atoms with van der Waals surface area (Å²) in [4.78, 5) is 15.3. The standard InChI is InChI=1S/C53H34O3/c54-51(37-29-47(43-25-9-17-33-13-1-5-21-39(33)43)52(55)48(30-37)44-26-10-18-34-14-2-6-22-40(34)44)38-31-49(45-27-11-19-35-15-3-7-23-41(35)45)53(56)50(32-38)46-28-12-20-36-16-4-8-24-42(36)46/h1-32,55-56H. The molecule has 0 amide bonds. The fraction of sp³-hybridized carbons (Fsp3) is 0. The zero-order valence-electron chi connectivity index (χ0n) is 30.3. The van der Waals surface area contributed by atoms with E-state index in [0.29, 0.717) is 33.4 Å². The van der Waals surface area contributed by atoms with Gasteiger partial charge in [-0.15, -0.1) is 0 Å². The first-order chi connectivity index (χ1) is 27.5. The Hall–Kier alpha value is -7.49. The van der Waals surface area contributed by atoms with Crippen LogP contribution in [0.5, 0.6) is 11.5 Å². The molecule has 0 aliphatic heterocycles. The number of benzene rings is 10. The number of rotatable bonds is 6. The van der Waals surface area contributed by atoms with E-state index in [0.717, 1.165) is 65.3 Å². The predicted octanol–water partition coefficient (Wildman–Crippen LogP) is 13.6. The van der Waals surface area contributed by atoms with E-state index in [4.69, 9.17) is 0 Å². The molecule has 0 saturated heterocycles. The lowest BCUT2D eigenvalue weighted by Crippen LogP contribution is -2.04. The van der Waals surface area contributed by atoms with Gasteiger partial charge in [-0.3, -0.25) is 4.79 Å². The van der Waals surface area contributed by atoms with Crippen LogP contribution in [0.15, 0.2) is 194 Å². The van der Waals surface area contributed by atoms with Crippen molar-refractivity contribution in [3.8, 4) is 56.0 Å². The van der Waals surface area contributed by atoms with Gasteiger partial charge in [0, 0.05) is 33.4 Å². The number of phenols is 2. The number of hydrogen-bond donors (Lipinski definition) is 2. The van der Waals surface area contributed by atoms with Gasteiger partial charge in [-0.05, 0) is 89.6 Å². The lowest BCUT2D eigenvalue weighted by Gasteiger charge is -2.18. The maximum absolute atomic E-state index is 15.3. The summed E-state index contributed by atoms with van der Waals surface area (Å²) in [7, 11) is 0. The highest BCUT2D eigenvalue weighted by Crippen LogP contribution is 2.46. The molecule has 264 valence electrons. The minimum atomic E-state index is -0.226. The van der Waals surface area contributed by atoms with E-state index in [1.165, 1.54) is 0 Å². The van der Waals surface area contributed by atoms with E-state index in [9.17, 15) is 10.2 Å². The third-order valence-electron chi connectivity index (χ3n) is 11.1. The maximum atomic E-state index is 15.3. The Kier molecular flexibility index (Phi) is 7.93. The van der Waals surface area contributed by atoms with Crippen molar-refractivity contribution in [3.05, 3.63) is 205 Å². The first-order valence-corrected chi connectivity index (χ1v) is 18.7. The van der Waals surface area contributed by atoms with E-state index < -0.39 is 0 Å². The summed E-state index contributed by atoms with van der Waals surface area (Å²) in [6.07, 6.45) is 0. The molecular formula is C53H34O3. The number of phenolic OH excluding ortho intramolecular Hbond substituents is 2. The second-order valence-electron chi connectivity index (χ2n) is 14.3. The van der Waals surface area contributed by atoms with Gasteiger partial charge in [-0.1, -0.05) is 170 Å². The quantitative estimate of drug-likeness (QED) is 0.168. The normalized spacial score (nSPS) is 11.4. The lowest BCUT2D eigenvalue weighted by molar-refractivity contribution is 0.103. The molecule has 0 aliphatic carbocycles. The Morgan fingerprint density at radius 3 is 0.786 bits per heavy atom. The van der Waals surface area contributed by atoms with Gasteiger partial charge in [0.1, 0.15) is 11.5 Å². The highest BCUT2D eigenvalue weighted by Gasteiger charge is 2.24. The van der Waals surface area contributed by atoms with Crippen LogP contribution in [0.4, 0.5) is 0 Å². The van der Waals surface area contributed by atoms with Gasteiger partial charge in [-0.25, -0.2) is 0 Å². The van der Waals surface area contributed by atoms with E-state index in [2.05, 4.69) is 48.5 Å². The van der Waals surface area contributed by atoms with Crippen molar-refractivity contribution in [1.82, 2.24) is 0 Å². The van der Waals surface area contributed by atoms with Gasteiger partial charge in [0.2, 0.25) is 0 Å². The van der Waals surface area contributed by atoms with Gasteiger partial charge in [0.05, 0.1) is 0 Å². The van der Waals surface area contributed by atoms with Gasteiger partial charge >= 0.3 is 0 Å². The highest BCUT2D eigenvalue weighted by molar-refractivity contribution is 6.15. The molecule has 10 rings (SSSR count). The second kappa shape index (κ2) is 13.4. The molecule has 0 bridgehead atoms. The fourth-order valence-corrected chi connectivity index (χ4v) is 8.36. The van der Waals surface area contributed by atoms with Gasteiger partial charge in [0.15, 0.2) is 5.78 Å². The summed E-state index contributed by atoms with van der Waals surface area (Å²) in [5.41, 5.74) is 6.43. The molecule has 0 unspecified atom stereocenters. The van der Waals surface area contributed by atoms with Gasteiger partial charge < -0.3 is 10.2 Å². The molecule has 0 heterocycles. The topological polar surface area (TPSA) is 57.5 Å². The van der Waals surface area contributed by atoms with Crippen molar-refractivity contribution in [3.63, 3.8) is 0 Å². The molecule has 0 fully saturated rings. The Morgan fingerprint density at radius 1 is 0.286 bits per heavy atom. The van der Waals surface area contributed by atoms with Crippen molar-refractivity contribution in [1.29, 1.82) is 0 Å². The number of fused-ring (bicyclic) bond motifs is 4. The van der Waals surface area contributed by atoms with Crippen molar-refractivity contribution in [2.75, 3.05) is 0 Å². The van der Waals surface area contributed by atoms with Crippen molar-refractivity contribution in [2.24, 2.45) is 0 Å². The maximum Gasteiger partial charge on any atom is 0.193 e. The molecule has 0 aliphatic rings. The number of hydrogen-bond acceptors (Lipinski definition) is 3. The SMILES string of the molecule is O=C(c1cc(-c2cccc3ccccc23)c(O)c(-c2cccc3ccccc23)c1)c1cc(-c2cccc3ccccc23)c(O)c(-c2cccc3ccccc23)c1. The molecule has 0 saturated carbocycles. The van der Waals surface area contributed by atoms with Gasteiger partial charge in [-0.2, -0.15) is 0 Å². The molecule has 0 aromatic heterocycles. The molecule has 3 heteroatoms. The summed E-state index contributed by atoms with van der Waals surface area (Å²) in [5, 5.41) is 32.6. The molecule has 10 aromatic rings. The Labute approximate surface area is 324 Å². The predicted molar refractivity (Wildman–Crippen MR) is 231 cm³/mol. The zero-order valence-corrected chi connectivity index (χ0v) is 30.3. The summed E-state index contributed by atoms with van der Waals surface area (Å²) in [6.45, 7) is 0. The average Bonchev–Trinajstić information content (AvgIpc) is 3.26. The van der Waals surface area contributed by atoms with E-state index in [-0.39, 0.29) is 17.3 Å². The van der Waals surface area contributed by atoms with E-state index in [1.807, 2.05) is 146 Å². The van der Waals surface area contributed by atoms with E-state index >= 15 is 4.79 Å². The van der Waals surface area contributed by atoms with Crippen LogP contribution in [0.2, 0.25) is 0 Å². The molecule has 0 radical (unpaired) electrons. The Morgan fingerprint density at radius 2 is 0.518 bits per heavy atom. The van der Waals surface area contributed by atoms with Crippen LogP contribution < -0.4 is 0 Å². The molecule has 0 spiro atoms. The third-order valence-corrected chi connectivity index (χ3v) is 11.1. The molecule has 3 nitrogen and oxygen atoms in total. The first-order valence-electron chi connectivity index (χ1n) is 18.7. The fourth-order valence-electron chi connectivity index (χ4n) is 8.36. The molecule has 2 N–H and O–H groups in total. The van der Waals surface area contributed by atoms with E-state index in [1.54, 1.807) is 0 Å². The smallest absolute Gasteiger partial charge is 0.193 e. The molecule has 0 atom stereocenters. The minimum absolute atomic E-state index is 0.104. The van der Waals surface area contributed by atoms with Crippen molar-refractivity contribution < 1.29 is 15.0 Å². The summed E-state index contributed by atoms with van der Waals surface area (Å²) >= 11 is 0. The average molecular weight is 719 g/mol. The van der Waals surface area contributed by atoms with Crippen LogP contribution in [0.25, 0.3) is 87.6 Å². The van der Waals surface area contributed by atoms with Crippen LogP contribution in [0.3, 0.4) is 0 Å². The lowest BCUT2D eigenvalue weighted by atomic mass is 9.86. The largest absolute Gasteiger partial charge is 0.507 e. The number of carbonyl (C=O) groups is 1. The number of carbonyl (C=O) groups excluding carboxylic acids is 1. The first kappa shape index (κ1) is 33.1. The monoisotopic (exact) mass is 718 g/mol. The number of aromatic hydroxyl groups is 2. The summed E-state index contributed by atoms with van der Waals surface area (Å²) < 4.78 is 0. The Bertz CT molecular complexity index is 2760. The van der Waals surface area contributed by atoms with Crippen LogP contribution >= 0.6 is 0 Å². The van der Waals surface area contributed by atoms with Crippen LogP contribution in [-0.4, -0.2) is 16.0 Å². The van der Waals surface area contributed by atoms with Crippen LogP contribution in [0, 0.1) is 0 Å². The van der Waals surface area contributed by atoms with Crippen molar-refractivity contribution >= 4 is 48.9 Å². The van der Waals surface area contributed by atoms with Crippen LogP contribution in [0.1, 0.15) is 15.9 Å². The molecule has 10 aromatic carbocycles. The molecule has 56 heavy (non-hydrogen) atoms. The molecular weight excluding hydrogens is 685 g/mol.